The van der Waals surface area contributed by atoms with Crippen molar-refractivity contribution in [3.63, 3.8) is 0 Å². The normalized spacial score (nSPS) is 12.3. The average Bonchev–Trinajstić information content (AvgIpc) is 2.35. The van der Waals surface area contributed by atoms with Gasteiger partial charge in [-0.2, -0.15) is 4.31 Å². The first kappa shape index (κ1) is 17.2. The van der Waals surface area contributed by atoms with Gasteiger partial charge in [0.25, 0.3) is 0 Å². The highest BCUT2D eigenvalue weighted by Gasteiger charge is 2.27. The number of aliphatic hydroxyl groups excluding tert-OH is 1. The van der Waals surface area contributed by atoms with Gasteiger partial charge in [-0.1, -0.05) is 11.6 Å². The fraction of sp³-hybridized carbons (Fsp3) is 0.538. The predicted molar refractivity (Wildman–Crippen MR) is 81.3 cm³/mol. The summed E-state index contributed by atoms with van der Waals surface area (Å²) in [7, 11) is -3.68. The minimum absolute atomic E-state index is 0.0600. The zero-order valence-electron chi connectivity index (χ0n) is 11.9. The average molecular weight is 321 g/mol. The lowest BCUT2D eigenvalue weighted by Crippen LogP contribution is -2.38. The molecule has 0 aliphatic rings. The SMILES string of the molecule is Cc1c(N)cc(S(=O)(=O)N(CCCO)C(C)C)cc1Cl. The van der Waals surface area contributed by atoms with Gasteiger partial charge in [0, 0.05) is 29.9 Å². The lowest BCUT2D eigenvalue weighted by atomic mass is 10.2. The van der Waals surface area contributed by atoms with Crippen LogP contribution in [0, 0.1) is 6.92 Å². The van der Waals surface area contributed by atoms with Gasteiger partial charge in [-0.05, 0) is 44.9 Å². The predicted octanol–water partition coefficient (Wildman–Crippen LogP) is 2.01. The van der Waals surface area contributed by atoms with Crippen LogP contribution in [0.25, 0.3) is 0 Å². The van der Waals surface area contributed by atoms with Crippen molar-refractivity contribution in [3.8, 4) is 0 Å². The molecule has 5 nitrogen and oxygen atoms in total. The van der Waals surface area contributed by atoms with Gasteiger partial charge in [0.05, 0.1) is 4.90 Å². The zero-order valence-corrected chi connectivity index (χ0v) is 13.5. The van der Waals surface area contributed by atoms with E-state index >= 15 is 0 Å². The first-order chi connectivity index (χ1) is 9.21. The highest BCUT2D eigenvalue weighted by molar-refractivity contribution is 7.89. The van der Waals surface area contributed by atoms with Crippen LogP contribution in [-0.2, 0) is 10.0 Å². The van der Waals surface area contributed by atoms with Crippen LogP contribution in [0.3, 0.4) is 0 Å². The molecule has 0 bridgehead atoms. The Morgan fingerprint density at radius 1 is 1.40 bits per heavy atom. The molecule has 1 rings (SSSR count). The summed E-state index contributed by atoms with van der Waals surface area (Å²) in [5.74, 6) is 0. The minimum Gasteiger partial charge on any atom is -0.398 e. The molecule has 114 valence electrons. The lowest BCUT2D eigenvalue weighted by Gasteiger charge is -2.26. The summed E-state index contributed by atoms with van der Waals surface area (Å²) in [5, 5.41) is 9.22. The number of nitrogens with zero attached hydrogens (tertiary/aromatic N) is 1. The molecule has 20 heavy (non-hydrogen) atoms. The number of nitrogens with two attached hydrogens (primary N) is 1. The number of hydrogen-bond acceptors (Lipinski definition) is 4. The fourth-order valence-electron chi connectivity index (χ4n) is 1.84. The quantitative estimate of drug-likeness (QED) is 0.785. The maximum Gasteiger partial charge on any atom is 0.243 e. The molecule has 0 aliphatic carbocycles. The van der Waals surface area contributed by atoms with Gasteiger partial charge >= 0.3 is 0 Å². The largest absolute Gasteiger partial charge is 0.398 e. The molecular weight excluding hydrogens is 300 g/mol. The second-order valence-electron chi connectivity index (χ2n) is 4.91. The third-order valence-corrected chi connectivity index (χ3v) is 5.52. The van der Waals surface area contributed by atoms with Crippen molar-refractivity contribution in [1.82, 2.24) is 4.31 Å². The number of aliphatic hydroxyl groups is 1. The number of halogens is 1. The van der Waals surface area contributed by atoms with Gasteiger partial charge in [-0.25, -0.2) is 8.42 Å². The van der Waals surface area contributed by atoms with Crippen LogP contribution < -0.4 is 5.73 Å². The van der Waals surface area contributed by atoms with Crippen molar-refractivity contribution < 1.29 is 13.5 Å². The first-order valence-corrected chi connectivity index (χ1v) is 8.22. The van der Waals surface area contributed by atoms with Crippen molar-refractivity contribution in [3.05, 3.63) is 22.7 Å². The molecular formula is C13H21ClN2O3S. The lowest BCUT2D eigenvalue weighted by molar-refractivity contribution is 0.258. The Bertz CT molecular complexity index is 550. The summed E-state index contributed by atoms with van der Waals surface area (Å²) in [5.41, 5.74) is 6.80. The Hall–Kier alpha value is -0.820. The highest BCUT2D eigenvalue weighted by atomic mass is 35.5. The Labute approximate surface area is 125 Å². The number of rotatable bonds is 6. The molecule has 3 N–H and O–H groups in total. The summed E-state index contributed by atoms with van der Waals surface area (Å²) in [6, 6.07) is 2.62. The van der Waals surface area contributed by atoms with Crippen LogP contribution in [0.2, 0.25) is 5.02 Å². The molecule has 0 heterocycles. The second kappa shape index (κ2) is 6.76. The summed E-state index contributed by atoms with van der Waals surface area (Å²) < 4.78 is 26.6. The van der Waals surface area contributed by atoms with E-state index in [1.54, 1.807) is 20.8 Å². The van der Waals surface area contributed by atoms with Crippen LogP contribution in [0.4, 0.5) is 5.69 Å². The third kappa shape index (κ3) is 3.63. The summed E-state index contributed by atoms with van der Waals surface area (Å²) in [4.78, 5) is 0.0808. The van der Waals surface area contributed by atoms with E-state index < -0.39 is 10.0 Å². The van der Waals surface area contributed by atoms with Crippen molar-refractivity contribution in [2.45, 2.75) is 38.1 Å². The summed E-state index contributed by atoms with van der Waals surface area (Å²) in [6.07, 6.45) is 0.381. The van der Waals surface area contributed by atoms with Crippen LogP contribution in [-0.4, -0.2) is 37.0 Å². The Balaban J connectivity index is 3.26. The maximum absolute atomic E-state index is 12.6. The Kier molecular flexibility index (Phi) is 5.82. The van der Waals surface area contributed by atoms with Gasteiger partial charge in [0.2, 0.25) is 10.0 Å². The van der Waals surface area contributed by atoms with Gasteiger partial charge < -0.3 is 10.8 Å². The van der Waals surface area contributed by atoms with Crippen LogP contribution in [0.1, 0.15) is 25.8 Å². The summed E-state index contributed by atoms with van der Waals surface area (Å²) >= 11 is 6.01. The smallest absolute Gasteiger partial charge is 0.243 e. The molecule has 0 saturated carbocycles. The van der Waals surface area contributed by atoms with Gasteiger partial charge in [-0.15, -0.1) is 0 Å². The van der Waals surface area contributed by atoms with E-state index in [1.807, 2.05) is 0 Å². The topological polar surface area (TPSA) is 83.6 Å². The van der Waals surface area contributed by atoms with E-state index in [1.165, 1.54) is 16.4 Å². The standard InChI is InChI=1S/C13H21ClN2O3S/c1-9(2)16(5-4-6-17)20(18,19)11-7-12(14)10(3)13(15)8-11/h7-9,17H,4-6,15H2,1-3H3. The van der Waals surface area contributed by atoms with Crippen molar-refractivity contribution in [1.29, 1.82) is 0 Å². The minimum atomic E-state index is -3.68. The summed E-state index contributed by atoms with van der Waals surface area (Å²) in [6.45, 7) is 5.50. The molecule has 1 aromatic carbocycles. The van der Waals surface area contributed by atoms with Gasteiger partial charge in [0.1, 0.15) is 0 Å². The highest BCUT2D eigenvalue weighted by Crippen LogP contribution is 2.28. The molecule has 0 aromatic heterocycles. The van der Waals surface area contributed by atoms with Gasteiger partial charge in [-0.3, -0.25) is 0 Å². The van der Waals surface area contributed by atoms with E-state index in [9.17, 15) is 8.42 Å². The molecule has 0 unspecified atom stereocenters. The Morgan fingerprint density at radius 3 is 2.45 bits per heavy atom. The Morgan fingerprint density at radius 2 is 2.00 bits per heavy atom. The molecule has 0 spiro atoms. The molecule has 0 fully saturated rings. The third-order valence-electron chi connectivity index (χ3n) is 3.08. The molecule has 0 amide bonds. The monoisotopic (exact) mass is 320 g/mol. The molecule has 0 saturated heterocycles. The van der Waals surface area contributed by atoms with E-state index in [4.69, 9.17) is 22.4 Å². The van der Waals surface area contributed by atoms with E-state index in [-0.39, 0.29) is 24.1 Å². The van der Waals surface area contributed by atoms with Crippen molar-refractivity contribution >= 4 is 27.3 Å². The van der Waals surface area contributed by atoms with Crippen molar-refractivity contribution in [2.75, 3.05) is 18.9 Å². The first-order valence-electron chi connectivity index (χ1n) is 6.40. The number of anilines is 1. The number of hydrogen-bond donors (Lipinski definition) is 2. The number of sulfonamides is 1. The maximum atomic E-state index is 12.6. The number of benzene rings is 1. The van der Waals surface area contributed by atoms with Crippen LogP contribution in [0.5, 0.6) is 0 Å². The molecule has 7 heteroatoms. The second-order valence-corrected chi connectivity index (χ2v) is 7.20. The van der Waals surface area contributed by atoms with E-state index in [0.29, 0.717) is 22.7 Å². The van der Waals surface area contributed by atoms with Crippen molar-refractivity contribution in [2.24, 2.45) is 0 Å². The molecule has 0 radical (unpaired) electrons. The van der Waals surface area contributed by atoms with Crippen LogP contribution >= 0.6 is 11.6 Å². The molecule has 0 atom stereocenters. The van der Waals surface area contributed by atoms with Gasteiger partial charge in [0.15, 0.2) is 0 Å². The van der Waals surface area contributed by atoms with E-state index in [2.05, 4.69) is 0 Å². The van der Waals surface area contributed by atoms with Crippen LogP contribution in [0.15, 0.2) is 17.0 Å². The zero-order chi connectivity index (χ0) is 15.5. The molecule has 0 aliphatic heterocycles. The number of nitrogen functional groups attached to an aromatic ring is 1. The van der Waals surface area contributed by atoms with E-state index in [0.717, 1.165) is 0 Å². The molecule has 1 aromatic rings. The fourth-order valence-corrected chi connectivity index (χ4v) is 3.87.